The molecule has 0 saturated carbocycles. The summed E-state index contributed by atoms with van der Waals surface area (Å²) in [6.07, 6.45) is 1.73. The molecule has 0 aliphatic heterocycles. The van der Waals surface area contributed by atoms with Gasteiger partial charge in [0.25, 0.3) is 5.56 Å². The summed E-state index contributed by atoms with van der Waals surface area (Å²) in [5, 5.41) is 5.23. The summed E-state index contributed by atoms with van der Waals surface area (Å²) in [6, 6.07) is 11.0. The normalized spacial score (nSPS) is 10.7. The van der Waals surface area contributed by atoms with Gasteiger partial charge in [0.2, 0.25) is 5.91 Å². The van der Waals surface area contributed by atoms with Crippen LogP contribution in [0.2, 0.25) is 0 Å². The lowest BCUT2D eigenvalue weighted by Crippen LogP contribution is -2.23. The van der Waals surface area contributed by atoms with Gasteiger partial charge in [-0.05, 0) is 23.6 Å². The van der Waals surface area contributed by atoms with E-state index in [0.717, 1.165) is 10.5 Å². The van der Waals surface area contributed by atoms with Gasteiger partial charge in [-0.3, -0.25) is 14.2 Å². The van der Waals surface area contributed by atoms with Crippen molar-refractivity contribution in [1.29, 1.82) is 0 Å². The summed E-state index contributed by atoms with van der Waals surface area (Å²) in [5.41, 5.74) is 0.648. The highest BCUT2D eigenvalue weighted by Gasteiger charge is 2.07. The first-order chi connectivity index (χ1) is 10.2. The minimum Gasteiger partial charge on any atom is -0.326 e. The quantitative estimate of drug-likeness (QED) is 0.805. The van der Waals surface area contributed by atoms with E-state index in [1.165, 1.54) is 22.2 Å². The molecule has 6 heteroatoms. The van der Waals surface area contributed by atoms with E-state index in [2.05, 4.69) is 10.3 Å². The minimum absolute atomic E-state index is 0.103. The Balaban J connectivity index is 1.67. The number of anilines is 1. The Morgan fingerprint density at radius 2 is 2.05 bits per heavy atom. The van der Waals surface area contributed by atoms with Crippen molar-refractivity contribution in [3.05, 3.63) is 58.5 Å². The third-order valence-corrected chi connectivity index (χ3v) is 3.91. The van der Waals surface area contributed by atoms with Crippen molar-refractivity contribution in [2.45, 2.75) is 13.0 Å². The summed E-state index contributed by atoms with van der Waals surface area (Å²) in [6.45, 7) is 0.316. The maximum Gasteiger partial charge on any atom is 0.262 e. The Morgan fingerprint density at radius 1 is 1.24 bits per heavy atom. The lowest BCUT2D eigenvalue weighted by Gasteiger charge is -2.06. The summed E-state index contributed by atoms with van der Waals surface area (Å²) < 4.78 is 1.47. The zero-order valence-corrected chi connectivity index (χ0v) is 12.0. The van der Waals surface area contributed by atoms with Crippen LogP contribution >= 0.6 is 11.3 Å². The smallest absolute Gasteiger partial charge is 0.262 e. The zero-order chi connectivity index (χ0) is 14.7. The van der Waals surface area contributed by atoms with Gasteiger partial charge in [-0.25, -0.2) is 4.98 Å². The van der Waals surface area contributed by atoms with Gasteiger partial charge in [0, 0.05) is 18.7 Å². The fourth-order valence-corrected chi connectivity index (χ4v) is 2.74. The molecule has 106 valence electrons. The van der Waals surface area contributed by atoms with Gasteiger partial charge < -0.3 is 5.32 Å². The van der Waals surface area contributed by atoms with Gasteiger partial charge in [-0.15, -0.1) is 11.3 Å². The van der Waals surface area contributed by atoms with Gasteiger partial charge in [0.15, 0.2) is 0 Å². The van der Waals surface area contributed by atoms with Crippen molar-refractivity contribution in [2.24, 2.45) is 0 Å². The van der Waals surface area contributed by atoms with E-state index in [4.69, 9.17) is 0 Å². The first kappa shape index (κ1) is 13.5. The van der Waals surface area contributed by atoms with Crippen LogP contribution < -0.4 is 10.9 Å². The molecule has 2 heterocycles. The number of aryl methyl sites for hydroxylation is 1. The van der Waals surface area contributed by atoms with E-state index >= 15 is 0 Å². The SMILES string of the molecule is O=C(CCn1cnc2sccc2c1=O)Nc1ccccc1. The van der Waals surface area contributed by atoms with Crippen LogP contribution in [0.25, 0.3) is 10.2 Å². The lowest BCUT2D eigenvalue weighted by atomic mass is 10.3. The molecule has 0 saturated heterocycles. The number of carbonyl (C=O) groups excluding carboxylic acids is 1. The second-order valence-corrected chi connectivity index (χ2v) is 5.44. The maximum absolute atomic E-state index is 12.2. The number of carbonyl (C=O) groups is 1. The highest BCUT2D eigenvalue weighted by Crippen LogP contribution is 2.13. The molecule has 1 amide bonds. The number of hydrogen-bond donors (Lipinski definition) is 1. The van der Waals surface area contributed by atoms with Crippen LogP contribution in [0.1, 0.15) is 6.42 Å². The van der Waals surface area contributed by atoms with Gasteiger partial charge in [0.1, 0.15) is 4.83 Å². The van der Waals surface area contributed by atoms with Crippen molar-refractivity contribution >= 4 is 33.1 Å². The van der Waals surface area contributed by atoms with Crippen molar-refractivity contribution in [3.8, 4) is 0 Å². The molecular weight excluding hydrogens is 286 g/mol. The predicted molar refractivity (Wildman–Crippen MR) is 83.6 cm³/mol. The number of rotatable bonds is 4. The Labute approximate surface area is 124 Å². The number of hydrogen-bond acceptors (Lipinski definition) is 4. The molecular formula is C15H13N3O2S. The average molecular weight is 299 g/mol. The van der Waals surface area contributed by atoms with Crippen LogP contribution in [0.15, 0.2) is 52.9 Å². The molecule has 21 heavy (non-hydrogen) atoms. The number of nitrogens with one attached hydrogen (secondary N) is 1. The molecule has 3 aromatic rings. The molecule has 5 nitrogen and oxygen atoms in total. The fourth-order valence-electron chi connectivity index (χ4n) is 2.02. The summed E-state index contributed by atoms with van der Waals surface area (Å²) >= 11 is 1.43. The number of nitrogens with zero attached hydrogens (tertiary/aromatic N) is 2. The molecule has 1 N–H and O–H groups in total. The largest absolute Gasteiger partial charge is 0.326 e. The number of para-hydroxylation sites is 1. The van der Waals surface area contributed by atoms with E-state index < -0.39 is 0 Å². The first-order valence-corrected chi connectivity index (χ1v) is 7.39. The Morgan fingerprint density at radius 3 is 2.86 bits per heavy atom. The topological polar surface area (TPSA) is 64.0 Å². The summed E-state index contributed by atoms with van der Waals surface area (Å²) in [7, 11) is 0. The van der Waals surface area contributed by atoms with Crippen LogP contribution in [0.5, 0.6) is 0 Å². The van der Waals surface area contributed by atoms with E-state index in [9.17, 15) is 9.59 Å². The number of fused-ring (bicyclic) bond motifs is 1. The summed E-state index contributed by atoms with van der Waals surface area (Å²) in [5.74, 6) is -0.126. The number of thiophene rings is 1. The van der Waals surface area contributed by atoms with E-state index in [-0.39, 0.29) is 17.9 Å². The third kappa shape index (κ3) is 3.00. The van der Waals surface area contributed by atoms with Gasteiger partial charge in [-0.2, -0.15) is 0 Å². The molecule has 0 bridgehead atoms. The average Bonchev–Trinajstić information content (AvgIpc) is 2.97. The standard InChI is InChI=1S/C15H13N3O2S/c19-13(17-11-4-2-1-3-5-11)6-8-18-10-16-14-12(15(18)20)7-9-21-14/h1-5,7,9-10H,6,8H2,(H,17,19). The van der Waals surface area contributed by atoms with Crippen molar-refractivity contribution in [2.75, 3.05) is 5.32 Å². The Hall–Kier alpha value is -2.47. The second kappa shape index (κ2) is 5.88. The van der Waals surface area contributed by atoms with Crippen LogP contribution in [0.3, 0.4) is 0 Å². The highest BCUT2D eigenvalue weighted by atomic mass is 32.1. The monoisotopic (exact) mass is 299 g/mol. The van der Waals surface area contributed by atoms with Gasteiger partial charge in [-0.1, -0.05) is 18.2 Å². The van der Waals surface area contributed by atoms with Crippen LogP contribution in [0, 0.1) is 0 Å². The Kier molecular flexibility index (Phi) is 3.79. The molecule has 0 spiro atoms. The molecule has 0 aliphatic rings. The van der Waals surface area contributed by atoms with Gasteiger partial charge in [0.05, 0.1) is 11.7 Å². The van der Waals surface area contributed by atoms with Crippen molar-refractivity contribution < 1.29 is 4.79 Å². The number of benzene rings is 1. The maximum atomic E-state index is 12.2. The molecule has 0 atom stereocenters. The zero-order valence-electron chi connectivity index (χ0n) is 11.2. The molecule has 3 rings (SSSR count). The van der Waals surface area contributed by atoms with E-state index in [1.807, 2.05) is 35.7 Å². The van der Waals surface area contributed by atoms with E-state index in [1.54, 1.807) is 6.07 Å². The third-order valence-electron chi connectivity index (χ3n) is 3.09. The van der Waals surface area contributed by atoms with Gasteiger partial charge >= 0.3 is 0 Å². The highest BCUT2D eigenvalue weighted by molar-refractivity contribution is 7.16. The molecule has 0 unspecified atom stereocenters. The Bertz CT molecular complexity index is 824. The van der Waals surface area contributed by atoms with Crippen LogP contribution in [-0.2, 0) is 11.3 Å². The van der Waals surface area contributed by atoms with Crippen LogP contribution in [0.4, 0.5) is 5.69 Å². The summed E-state index contributed by atoms with van der Waals surface area (Å²) in [4.78, 5) is 29.0. The number of amides is 1. The first-order valence-electron chi connectivity index (χ1n) is 6.51. The molecule has 2 aromatic heterocycles. The molecule has 0 fully saturated rings. The minimum atomic E-state index is -0.126. The number of aromatic nitrogens is 2. The van der Waals surface area contributed by atoms with E-state index in [0.29, 0.717) is 11.9 Å². The predicted octanol–water partition coefficient (Wildman–Crippen LogP) is 2.49. The lowest BCUT2D eigenvalue weighted by molar-refractivity contribution is -0.116. The molecule has 0 aliphatic carbocycles. The van der Waals surface area contributed by atoms with Crippen LogP contribution in [-0.4, -0.2) is 15.5 Å². The fraction of sp³-hybridized carbons (Fsp3) is 0.133. The van der Waals surface area contributed by atoms with Crippen molar-refractivity contribution in [1.82, 2.24) is 9.55 Å². The second-order valence-electron chi connectivity index (χ2n) is 4.55. The van der Waals surface area contributed by atoms with Crippen molar-refractivity contribution in [3.63, 3.8) is 0 Å². The molecule has 0 radical (unpaired) electrons. The molecule has 1 aromatic carbocycles.